The van der Waals surface area contributed by atoms with Gasteiger partial charge in [-0.15, -0.1) is 0 Å². The minimum absolute atomic E-state index is 0.158. The lowest BCUT2D eigenvalue weighted by atomic mass is 9.89. The quantitative estimate of drug-likeness (QED) is 0.794. The van der Waals surface area contributed by atoms with Gasteiger partial charge in [-0.25, -0.2) is 4.39 Å². The maximum Gasteiger partial charge on any atom is 0.288 e. The van der Waals surface area contributed by atoms with Crippen LogP contribution in [0.15, 0.2) is 23.2 Å². The van der Waals surface area contributed by atoms with Gasteiger partial charge >= 0.3 is 0 Å². The molecule has 0 aliphatic carbocycles. The predicted octanol–water partition coefficient (Wildman–Crippen LogP) is -0.0310. The van der Waals surface area contributed by atoms with Crippen molar-refractivity contribution in [2.75, 3.05) is 13.6 Å². The Morgan fingerprint density at radius 1 is 1.50 bits per heavy atom. The van der Waals surface area contributed by atoms with Gasteiger partial charge in [0.1, 0.15) is 11.4 Å². The molecule has 1 heterocycles. The van der Waals surface area contributed by atoms with Crippen molar-refractivity contribution in [2.24, 2.45) is 16.5 Å². The molecule has 7 heteroatoms. The summed E-state index contributed by atoms with van der Waals surface area (Å²) in [7, 11) is 1.55. The molecule has 0 aromatic heterocycles. The molecule has 0 saturated carbocycles. The number of amidine groups is 1. The summed E-state index contributed by atoms with van der Waals surface area (Å²) >= 11 is 0. The number of likely N-dealkylation sites (N-methyl/N-ethyl adjacent to an activating group) is 1. The second-order valence-corrected chi connectivity index (χ2v) is 4.99. The van der Waals surface area contributed by atoms with Crippen LogP contribution >= 0.6 is 0 Å². The molecule has 20 heavy (non-hydrogen) atoms. The van der Waals surface area contributed by atoms with Crippen molar-refractivity contribution in [3.63, 3.8) is 0 Å². The Kier molecular flexibility index (Phi) is 3.21. The molecule has 2 amide bonds. The van der Waals surface area contributed by atoms with Gasteiger partial charge in [0.2, 0.25) is 5.91 Å². The molecule has 1 aliphatic rings. The molecule has 1 aromatic carbocycles. The highest BCUT2D eigenvalue weighted by molar-refractivity contribution is 6.37. The van der Waals surface area contributed by atoms with Crippen LogP contribution in [0.25, 0.3) is 0 Å². The second kappa shape index (κ2) is 4.59. The van der Waals surface area contributed by atoms with E-state index in [0.29, 0.717) is 0 Å². The third-order valence-corrected chi connectivity index (χ3v) is 3.31. The van der Waals surface area contributed by atoms with Gasteiger partial charge in [0.05, 0.1) is 6.54 Å². The Hall–Kier alpha value is -2.44. The van der Waals surface area contributed by atoms with Crippen molar-refractivity contribution in [1.82, 2.24) is 4.90 Å². The number of rotatable bonds is 2. The Morgan fingerprint density at radius 3 is 2.70 bits per heavy atom. The van der Waals surface area contributed by atoms with Gasteiger partial charge in [0.15, 0.2) is 5.84 Å². The molecule has 0 fully saturated rings. The van der Waals surface area contributed by atoms with E-state index in [4.69, 9.17) is 11.5 Å². The van der Waals surface area contributed by atoms with Crippen molar-refractivity contribution >= 4 is 17.6 Å². The number of hydrogen-bond donors (Lipinski definition) is 2. The zero-order valence-corrected chi connectivity index (χ0v) is 11.2. The summed E-state index contributed by atoms with van der Waals surface area (Å²) in [4.78, 5) is 28.3. The first kappa shape index (κ1) is 14.0. The van der Waals surface area contributed by atoms with Crippen molar-refractivity contribution in [3.05, 3.63) is 35.1 Å². The van der Waals surface area contributed by atoms with E-state index in [2.05, 4.69) is 4.99 Å². The number of carbonyl (C=O) groups is 2. The zero-order valence-electron chi connectivity index (χ0n) is 11.2. The number of benzene rings is 1. The number of nitrogens with zero attached hydrogens (tertiary/aromatic N) is 2. The maximum absolute atomic E-state index is 14.0. The second-order valence-electron chi connectivity index (χ2n) is 4.99. The van der Waals surface area contributed by atoms with E-state index < -0.39 is 23.2 Å². The molecule has 2 rings (SSSR count). The van der Waals surface area contributed by atoms with E-state index in [1.54, 1.807) is 14.0 Å². The van der Waals surface area contributed by atoms with Crippen LogP contribution in [0.5, 0.6) is 0 Å². The zero-order chi connectivity index (χ0) is 15.1. The van der Waals surface area contributed by atoms with E-state index in [9.17, 15) is 14.0 Å². The lowest BCUT2D eigenvalue weighted by Gasteiger charge is -2.35. The van der Waals surface area contributed by atoms with Gasteiger partial charge in [0, 0.05) is 18.2 Å². The normalized spacial score (nSPS) is 22.6. The molecule has 0 bridgehead atoms. The smallest absolute Gasteiger partial charge is 0.288 e. The monoisotopic (exact) mass is 278 g/mol. The number of primary amides is 1. The van der Waals surface area contributed by atoms with Crippen LogP contribution in [0.3, 0.4) is 0 Å². The summed E-state index contributed by atoms with van der Waals surface area (Å²) in [6.45, 7) is 1.80. The molecule has 6 nitrogen and oxygen atoms in total. The predicted molar refractivity (Wildman–Crippen MR) is 71.5 cm³/mol. The molecule has 1 aromatic rings. The van der Waals surface area contributed by atoms with Gasteiger partial charge < -0.3 is 16.4 Å². The summed E-state index contributed by atoms with van der Waals surface area (Å²) in [5.74, 6) is -1.79. The maximum atomic E-state index is 14.0. The first-order valence-corrected chi connectivity index (χ1v) is 5.95. The average molecular weight is 278 g/mol. The third-order valence-electron chi connectivity index (χ3n) is 3.31. The van der Waals surface area contributed by atoms with Gasteiger partial charge in [-0.05, 0) is 25.1 Å². The van der Waals surface area contributed by atoms with E-state index in [-0.39, 0.29) is 23.5 Å². The first-order valence-electron chi connectivity index (χ1n) is 5.95. The van der Waals surface area contributed by atoms with Crippen molar-refractivity contribution in [1.29, 1.82) is 0 Å². The van der Waals surface area contributed by atoms with Crippen LogP contribution in [0.2, 0.25) is 0 Å². The molecular formula is C13H15FN4O2. The molecule has 1 aliphatic heterocycles. The van der Waals surface area contributed by atoms with E-state index >= 15 is 0 Å². The van der Waals surface area contributed by atoms with Gasteiger partial charge in [-0.3, -0.25) is 14.6 Å². The van der Waals surface area contributed by atoms with Crippen molar-refractivity contribution in [2.45, 2.75) is 12.5 Å². The van der Waals surface area contributed by atoms with Gasteiger partial charge in [-0.1, -0.05) is 0 Å². The molecule has 0 radical (unpaired) electrons. The highest BCUT2D eigenvalue weighted by Crippen LogP contribution is 2.31. The summed E-state index contributed by atoms with van der Waals surface area (Å²) in [5.41, 5.74) is 10.1. The summed E-state index contributed by atoms with van der Waals surface area (Å²) in [6, 6.07) is 3.80. The van der Waals surface area contributed by atoms with Crippen molar-refractivity contribution < 1.29 is 14.0 Å². The first-order chi connectivity index (χ1) is 9.24. The Bertz CT molecular complexity index is 629. The van der Waals surface area contributed by atoms with Crippen LogP contribution in [0.1, 0.15) is 22.8 Å². The van der Waals surface area contributed by atoms with E-state index in [0.717, 1.165) is 6.07 Å². The van der Waals surface area contributed by atoms with Gasteiger partial charge in [-0.2, -0.15) is 0 Å². The van der Waals surface area contributed by atoms with E-state index in [1.807, 2.05) is 0 Å². The highest BCUT2D eigenvalue weighted by atomic mass is 19.1. The molecule has 1 atom stereocenters. The molecule has 0 saturated heterocycles. The lowest BCUT2D eigenvalue weighted by Crippen LogP contribution is -2.50. The number of nitrogens with two attached hydrogens (primary N) is 2. The van der Waals surface area contributed by atoms with Crippen LogP contribution in [0, 0.1) is 5.82 Å². The number of halogens is 1. The van der Waals surface area contributed by atoms with Gasteiger partial charge in [0.25, 0.3) is 5.91 Å². The standard InChI is InChI=1S/C13H15FN4O2/c1-13(6-18(2)12(20)10(15)17-13)8-5-7(11(16)19)3-4-9(8)14/h3-5H,6H2,1-2H3,(H2,15,17)(H2,16,19). The number of carbonyl (C=O) groups excluding carboxylic acids is 2. The minimum atomic E-state index is -1.05. The van der Waals surface area contributed by atoms with Crippen LogP contribution < -0.4 is 11.5 Å². The molecule has 106 valence electrons. The summed E-state index contributed by atoms with van der Waals surface area (Å²) < 4.78 is 14.0. The largest absolute Gasteiger partial charge is 0.379 e. The Balaban J connectivity index is 2.58. The summed E-state index contributed by atoms with van der Waals surface area (Å²) in [5, 5.41) is 0. The van der Waals surface area contributed by atoms with E-state index in [1.165, 1.54) is 17.0 Å². The summed E-state index contributed by atoms with van der Waals surface area (Å²) in [6.07, 6.45) is 0. The average Bonchev–Trinajstić information content (AvgIpc) is 2.36. The number of hydrogen-bond acceptors (Lipinski definition) is 4. The van der Waals surface area contributed by atoms with Crippen molar-refractivity contribution in [3.8, 4) is 0 Å². The van der Waals surface area contributed by atoms with Crippen LogP contribution in [0.4, 0.5) is 4.39 Å². The number of amides is 2. The molecule has 1 unspecified atom stereocenters. The Labute approximate surface area is 115 Å². The SMILES string of the molecule is CN1CC(C)(c2cc(C(N)=O)ccc2F)N=C(N)C1=O. The minimum Gasteiger partial charge on any atom is -0.379 e. The molecule has 0 spiro atoms. The number of aliphatic imine (C=N–C) groups is 1. The Morgan fingerprint density at radius 2 is 2.15 bits per heavy atom. The fraction of sp³-hybridized carbons (Fsp3) is 0.308. The van der Waals surface area contributed by atoms with Crippen LogP contribution in [-0.2, 0) is 10.3 Å². The topological polar surface area (TPSA) is 102 Å². The fourth-order valence-corrected chi connectivity index (χ4v) is 2.31. The molecular weight excluding hydrogens is 263 g/mol. The third kappa shape index (κ3) is 2.22. The highest BCUT2D eigenvalue weighted by Gasteiger charge is 2.37. The lowest BCUT2D eigenvalue weighted by molar-refractivity contribution is -0.124. The fourth-order valence-electron chi connectivity index (χ4n) is 2.31. The molecule has 4 N–H and O–H groups in total. The van der Waals surface area contributed by atoms with Crippen LogP contribution in [-0.4, -0.2) is 36.1 Å².